The van der Waals surface area contributed by atoms with Gasteiger partial charge < -0.3 is 10.1 Å². The fourth-order valence-electron chi connectivity index (χ4n) is 3.10. The molecule has 0 aliphatic heterocycles. The van der Waals surface area contributed by atoms with Crippen LogP contribution in [0.3, 0.4) is 0 Å². The van der Waals surface area contributed by atoms with Crippen LogP contribution in [0.1, 0.15) is 31.7 Å². The van der Waals surface area contributed by atoms with Crippen LogP contribution in [0.2, 0.25) is 0 Å². The van der Waals surface area contributed by atoms with Gasteiger partial charge in [-0.05, 0) is 25.3 Å². The Morgan fingerprint density at radius 2 is 2.00 bits per heavy atom. The Morgan fingerprint density at radius 3 is 2.52 bits per heavy atom. The monoisotopic (exact) mass is 315 g/mol. The molecule has 1 amide bonds. The first-order valence-electron chi connectivity index (χ1n) is 7.63. The van der Waals surface area contributed by atoms with Crippen LogP contribution >= 0.6 is 0 Å². The summed E-state index contributed by atoms with van der Waals surface area (Å²) >= 11 is 0. The second kappa shape index (κ2) is 7.22. The van der Waals surface area contributed by atoms with Gasteiger partial charge in [0.1, 0.15) is 17.0 Å². The third kappa shape index (κ3) is 3.50. The van der Waals surface area contributed by atoms with Crippen LogP contribution in [0.5, 0.6) is 0 Å². The number of carbonyl (C=O) groups is 3. The Labute approximate surface area is 135 Å². The molecule has 0 aromatic heterocycles. The van der Waals surface area contributed by atoms with Crippen molar-refractivity contribution in [2.75, 3.05) is 7.11 Å². The summed E-state index contributed by atoms with van der Waals surface area (Å²) in [5.41, 5.74) is -0.271. The molecule has 1 fully saturated rings. The van der Waals surface area contributed by atoms with Crippen LogP contribution in [0, 0.1) is 5.41 Å². The zero-order chi connectivity index (χ0) is 16.9. The number of Topliss-reactive ketones (excluding diaryl/α,β-unsaturated/α-hetero) is 2. The van der Waals surface area contributed by atoms with Crippen LogP contribution in [0.4, 0.5) is 4.79 Å². The van der Waals surface area contributed by atoms with E-state index >= 15 is 0 Å². The van der Waals surface area contributed by atoms with Crippen molar-refractivity contribution >= 4 is 23.7 Å². The number of alkyl carbamates (subject to hydrolysis) is 1. The van der Waals surface area contributed by atoms with Gasteiger partial charge >= 0.3 is 6.09 Å². The van der Waals surface area contributed by atoms with E-state index in [0.717, 1.165) is 5.56 Å². The van der Waals surface area contributed by atoms with Crippen molar-refractivity contribution in [2.45, 2.75) is 32.2 Å². The van der Waals surface area contributed by atoms with E-state index in [1.54, 1.807) is 12.2 Å². The quantitative estimate of drug-likeness (QED) is 0.848. The number of hydrogen-bond donors (Lipinski definition) is 1. The molecule has 0 heterocycles. The summed E-state index contributed by atoms with van der Waals surface area (Å²) in [4.78, 5) is 36.3. The van der Waals surface area contributed by atoms with E-state index in [1.807, 2.05) is 30.3 Å². The molecule has 5 heteroatoms. The number of amides is 1. The van der Waals surface area contributed by atoms with Gasteiger partial charge in [-0.15, -0.1) is 0 Å². The van der Waals surface area contributed by atoms with Crippen molar-refractivity contribution in [3.05, 3.63) is 42.0 Å². The molecule has 5 nitrogen and oxygen atoms in total. The summed E-state index contributed by atoms with van der Waals surface area (Å²) < 4.78 is 4.65. The second-order valence-electron chi connectivity index (χ2n) is 5.69. The minimum Gasteiger partial charge on any atom is -0.453 e. The lowest BCUT2D eigenvalue weighted by atomic mass is 9.74. The van der Waals surface area contributed by atoms with Crippen molar-refractivity contribution in [1.29, 1.82) is 0 Å². The minimum atomic E-state index is -1.19. The molecule has 1 aliphatic rings. The Balaban J connectivity index is 2.36. The molecule has 23 heavy (non-hydrogen) atoms. The number of rotatable bonds is 5. The standard InChI is InChI=1S/C18H21NO4/c1-13(20)18(12-6-9-16(18)21)15(19-17(22)23-2)11-10-14-7-4-3-5-8-14/h3-5,7-8,10-11,15H,6,9,12H2,1-2H3,(H,19,22)/b11-10+/t15?,18-/m1/s1. The number of hydrogen-bond acceptors (Lipinski definition) is 4. The lowest BCUT2D eigenvalue weighted by molar-refractivity contribution is -0.138. The lowest BCUT2D eigenvalue weighted by Gasteiger charge is -2.32. The highest BCUT2D eigenvalue weighted by atomic mass is 16.5. The van der Waals surface area contributed by atoms with E-state index in [4.69, 9.17) is 0 Å². The SMILES string of the molecule is COC(=O)NC(/C=C/c1ccccc1)[C@]1(C(C)=O)CCCC1=O. The van der Waals surface area contributed by atoms with E-state index in [2.05, 4.69) is 10.1 Å². The highest BCUT2D eigenvalue weighted by Gasteiger charge is 2.51. The molecule has 1 aromatic carbocycles. The number of carbonyl (C=O) groups excluding carboxylic acids is 3. The minimum absolute atomic E-state index is 0.121. The van der Waals surface area contributed by atoms with Crippen molar-refractivity contribution < 1.29 is 19.1 Å². The molecule has 0 radical (unpaired) electrons. The van der Waals surface area contributed by atoms with Gasteiger partial charge in [-0.2, -0.15) is 0 Å². The maximum Gasteiger partial charge on any atom is 0.407 e. The van der Waals surface area contributed by atoms with Crippen LogP contribution in [0.25, 0.3) is 6.08 Å². The number of ether oxygens (including phenoxy) is 1. The van der Waals surface area contributed by atoms with Gasteiger partial charge in [-0.25, -0.2) is 4.79 Å². The van der Waals surface area contributed by atoms with Gasteiger partial charge in [0.05, 0.1) is 13.2 Å². The predicted molar refractivity (Wildman–Crippen MR) is 86.8 cm³/mol. The van der Waals surface area contributed by atoms with Crippen LogP contribution in [0.15, 0.2) is 36.4 Å². The molecule has 0 saturated heterocycles. The first-order chi connectivity index (χ1) is 11.0. The molecule has 1 saturated carbocycles. The van der Waals surface area contributed by atoms with Gasteiger partial charge in [0.25, 0.3) is 0 Å². The number of nitrogens with one attached hydrogen (secondary N) is 1. The predicted octanol–water partition coefficient (Wildman–Crippen LogP) is 2.75. The molecule has 2 rings (SSSR count). The zero-order valence-electron chi connectivity index (χ0n) is 13.4. The third-order valence-corrected chi connectivity index (χ3v) is 4.37. The molecule has 1 aliphatic carbocycles. The van der Waals surface area contributed by atoms with Gasteiger partial charge in [0, 0.05) is 6.42 Å². The Morgan fingerprint density at radius 1 is 1.30 bits per heavy atom. The van der Waals surface area contributed by atoms with E-state index in [0.29, 0.717) is 19.3 Å². The molecule has 2 atom stereocenters. The van der Waals surface area contributed by atoms with Crippen LogP contribution in [-0.2, 0) is 14.3 Å². The maximum atomic E-state index is 12.4. The summed E-state index contributed by atoms with van der Waals surface area (Å²) in [6, 6.07) is 8.78. The summed E-state index contributed by atoms with van der Waals surface area (Å²) in [6.45, 7) is 1.41. The average molecular weight is 315 g/mol. The van der Waals surface area contributed by atoms with Gasteiger partial charge in [-0.3, -0.25) is 9.59 Å². The second-order valence-corrected chi connectivity index (χ2v) is 5.69. The zero-order valence-corrected chi connectivity index (χ0v) is 13.4. The number of methoxy groups -OCH3 is 1. The normalized spacial score (nSPS) is 22.1. The number of benzene rings is 1. The van der Waals surface area contributed by atoms with E-state index in [1.165, 1.54) is 14.0 Å². The van der Waals surface area contributed by atoms with Crippen LogP contribution in [-0.4, -0.2) is 30.8 Å². The third-order valence-electron chi connectivity index (χ3n) is 4.37. The van der Waals surface area contributed by atoms with E-state index in [-0.39, 0.29) is 11.6 Å². The van der Waals surface area contributed by atoms with Crippen molar-refractivity contribution in [3.8, 4) is 0 Å². The molecule has 1 aromatic rings. The van der Waals surface area contributed by atoms with Crippen LogP contribution < -0.4 is 5.32 Å². The Hall–Kier alpha value is -2.43. The first-order valence-corrected chi connectivity index (χ1v) is 7.63. The summed E-state index contributed by atoms with van der Waals surface area (Å²) in [7, 11) is 1.25. The Bertz CT molecular complexity index is 623. The van der Waals surface area contributed by atoms with Gasteiger partial charge in [0.15, 0.2) is 0 Å². The van der Waals surface area contributed by atoms with E-state index in [9.17, 15) is 14.4 Å². The highest BCUT2D eigenvalue weighted by Crippen LogP contribution is 2.39. The Kier molecular flexibility index (Phi) is 5.32. The molecule has 0 bridgehead atoms. The fraction of sp³-hybridized carbons (Fsp3) is 0.389. The molecule has 1 unspecified atom stereocenters. The first kappa shape index (κ1) is 16.9. The van der Waals surface area contributed by atoms with Crippen molar-refractivity contribution in [1.82, 2.24) is 5.32 Å². The largest absolute Gasteiger partial charge is 0.453 e. The summed E-state index contributed by atoms with van der Waals surface area (Å²) in [5.74, 6) is -0.344. The molecular formula is C18H21NO4. The highest BCUT2D eigenvalue weighted by molar-refractivity contribution is 6.08. The molecule has 122 valence electrons. The summed E-state index contributed by atoms with van der Waals surface area (Å²) in [6.07, 6.45) is 4.30. The van der Waals surface area contributed by atoms with Gasteiger partial charge in [0.2, 0.25) is 0 Å². The summed E-state index contributed by atoms with van der Waals surface area (Å²) in [5, 5.41) is 2.64. The van der Waals surface area contributed by atoms with Crippen molar-refractivity contribution in [3.63, 3.8) is 0 Å². The topological polar surface area (TPSA) is 72.5 Å². The maximum absolute atomic E-state index is 12.4. The van der Waals surface area contributed by atoms with E-state index < -0.39 is 17.6 Å². The smallest absolute Gasteiger partial charge is 0.407 e. The lowest BCUT2D eigenvalue weighted by Crippen LogP contribution is -2.52. The average Bonchev–Trinajstić information content (AvgIpc) is 2.94. The fourth-order valence-corrected chi connectivity index (χ4v) is 3.10. The molecule has 1 N–H and O–H groups in total. The molecule has 0 spiro atoms. The number of ketones is 2. The molecular weight excluding hydrogens is 294 g/mol. The van der Waals surface area contributed by atoms with Crippen molar-refractivity contribution in [2.24, 2.45) is 5.41 Å². The van der Waals surface area contributed by atoms with Gasteiger partial charge in [-0.1, -0.05) is 42.5 Å².